The van der Waals surface area contributed by atoms with Gasteiger partial charge in [-0.25, -0.2) is 0 Å². The van der Waals surface area contributed by atoms with Crippen LogP contribution in [-0.4, -0.2) is 14.2 Å². The van der Waals surface area contributed by atoms with Gasteiger partial charge in [0.25, 0.3) is 0 Å². The molecule has 0 aromatic heterocycles. The highest BCUT2D eigenvalue weighted by Gasteiger charge is 2.27. The Balaban J connectivity index is 3.48. The fourth-order valence-electron chi connectivity index (χ4n) is 1.79. The summed E-state index contributed by atoms with van der Waals surface area (Å²) in [6, 6.07) is 4.00. The highest BCUT2D eigenvalue weighted by molar-refractivity contribution is 7.27. The smallest absolute Gasteiger partial charge is 0.133 e. The molecule has 0 saturated carbocycles. The molecule has 0 heterocycles. The van der Waals surface area contributed by atoms with Crippen LogP contribution in [0.15, 0.2) is 12.1 Å². The summed E-state index contributed by atoms with van der Waals surface area (Å²) in [5, 5.41) is 1.07. The number of hydrogen-bond acceptors (Lipinski definition) is 2. The van der Waals surface area contributed by atoms with Crippen molar-refractivity contribution in [3.05, 3.63) is 17.7 Å². The van der Waals surface area contributed by atoms with Crippen LogP contribution in [0, 0.1) is 0 Å². The third kappa shape index (κ3) is 2.32. The summed E-state index contributed by atoms with van der Waals surface area (Å²) < 4.78 is 10.9. The molecule has 90 valence electrons. The van der Waals surface area contributed by atoms with E-state index < -0.39 is 0 Å². The molecule has 2 nitrogen and oxygen atoms in total. The van der Waals surface area contributed by atoms with Crippen molar-refractivity contribution in [3.63, 3.8) is 0 Å². The summed E-state index contributed by atoms with van der Waals surface area (Å²) in [6.07, 6.45) is 1.04. The zero-order chi connectivity index (χ0) is 12.3. The Bertz CT molecular complexity index is 372. The van der Waals surface area contributed by atoms with Gasteiger partial charge in [0, 0.05) is 10.9 Å². The molecular weight excluding hydrogens is 219 g/mol. The molecule has 0 amide bonds. The second kappa shape index (κ2) is 5.05. The van der Waals surface area contributed by atoms with E-state index >= 15 is 0 Å². The Morgan fingerprint density at radius 2 is 1.81 bits per heavy atom. The van der Waals surface area contributed by atoms with Gasteiger partial charge in [0.15, 0.2) is 0 Å². The zero-order valence-electron chi connectivity index (χ0n) is 10.8. The van der Waals surface area contributed by atoms with E-state index in [1.54, 1.807) is 14.2 Å². The third-order valence-corrected chi connectivity index (χ3v) is 3.59. The average molecular weight is 240 g/mol. The second-order valence-corrected chi connectivity index (χ2v) is 5.12. The van der Waals surface area contributed by atoms with E-state index in [9.17, 15) is 0 Å². The van der Waals surface area contributed by atoms with Crippen LogP contribution in [0.25, 0.3) is 0 Å². The Hall–Kier alpha value is -0.750. The van der Waals surface area contributed by atoms with Gasteiger partial charge >= 0.3 is 0 Å². The molecule has 0 aliphatic heterocycles. The van der Waals surface area contributed by atoms with E-state index in [2.05, 4.69) is 30.0 Å². The predicted molar refractivity (Wildman–Crippen MR) is 72.2 cm³/mol. The number of methoxy groups -OCH3 is 2. The molecule has 0 bridgehead atoms. The molecule has 1 rings (SSSR count). The van der Waals surface area contributed by atoms with E-state index in [-0.39, 0.29) is 5.41 Å². The lowest BCUT2D eigenvalue weighted by Gasteiger charge is -2.28. The molecule has 0 aliphatic rings. The maximum Gasteiger partial charge on any atom is 0.133 e. The van der Waals surface area contributed by atoms with Crippen molar-refractivity contribution in [2.45, 2.75) is 32.6 Å². The predicted octanol–water partition coefficient (Wildman–Crippen LogP) is 2.89. The summed E-state index contributed by atoms with van der Waals surface area (Å²) in [5.74, 6) is 1.81. The van der Waals surface area contributed by atoms with Crippen LogP contribution in [0.4, 0.5) is 0 Å². The summed E-state index contributed by atoms with van der Waals surface area (Å²) >= 11 is 0. The van der Waals surface area contributed by atoms with Gasteiger partial charge in [0.2, 0.25) is 0 Å². The van der Waals surface area contributed by atoms with Crippen molar-refractivity contribution >= 4 is 14.5 Å². The lowest BCUT2D eigenvalue weighted by atomic mass is 9.81. The van der Waals surface area contributed by atoms with Crippen molar-refractivity contribution < 1.29 is 9.47 Å². The average Bonchev–Trinajstić information content (AvgIpc) is 2.28. The van der Waals surface area contributed by atoms with E-state index in [0.29, 0.717) is 0 Å². The van der Waals surface area contributed by atoms with Crippen molar-refractivity contribution in [1.29, 1.82) is 0 Å². The maximum absolute atomic E-state index is 5.51. The van der Waals surface area contributed by atoms with Crippen LogP contribution in [0.2, 0.25) is 0 Å². The first-order valence-electron chi connectivity index (χ1n) is 5.48. The monoisotopic (exact) mass is 240 g/mol. The molecule has 1 atom stereocenters. The normalized spacial score (nSPS) is 11.4. The lowest BCUT2D eigenvalue weighted by molar-refractivity contribution is 0.360. The summed E-state index contributed by atoms with van der Waals surface area (Å²) in [5.41, 5.74) is 1.19. The quantitative estimate of drug-likeness (QED) is 0.753. The first-order chi connectivity index (χ1) is 7.47. The minimum atomic E-state index is 0.0449. The molecule has 0 spiro atoms. The Labute approximate surface area is 101 Å². The van der Waals surface area contributed by atoms with Crippen LogP contribution in [0.3, 0.4) is 0 Å². The lowest BCUT2D eigenvalue weighted by Crippen LogP contribution is -2.20. The van der Waals surface area contributed by atoms with Gasteiger partial charge in [-0.3, -0.25) is 0 Å². The summed E-state index contributed by atoms with van der Waals surface area (Å²) in [4.78, 5) is 0. The highest BCUT2D eigenvalue weighted by atomic mass is 31.0. The minimum Gasteiger partial charge on any atom is -0.496 e. The van der Waals surface area contributed by atoms with E-state index in [4.69, 9.17) is 9.47 Å². The molecule has 16 heavy (non-hydrogen) atoms. The molecule has 0 fully saturated rings. The summed E-state index contributed by atoms with van der Waals surface area (Å²) in [6.45, 7) is 6.59. The van der Waals surface area contributed by atoms with Crippen molar-refractivity contribution in [1.82, 2.24) is 0 Å². The zero-order valence-corrected chi connectivity index (χ0v) is 11.9. The first kappa shape index (κ1) is 13.3. The van der Waals surface area contributed by atoms with Crippen molar-refractivity contribution in [3.8, 4) is 11.5 Å². The number of ether oxygens (including phenoxy) is 2. The first-order valence-corrected chi connectivity index (χ1v) is 6.06. The number of rotatable bonds is 4. The van der Waals surface area contributed by atoms with Gasteiger partial charge in [0.05, 0.1) is 14.2 Å². The molecule has 0 radical (unpaired) electrons. The van der Waals surface area contributed by atoms with Crippen LogP contribution in [0.5, 0.6) is 11.5 Å². The van der Waals surface area contributed by atoms with Gasteiger partial charge in [-0.2, -0.15) is 0 Å². The van der Waals surface area contributed by atoms with Gasteiger partial charge in [-0.05, 0) is 24.0 Å². The van der Waals surface area contributed by atoms with E-state index in [1.807, 2.05) is 12.1 Å². The van der Waals surface area contributed by atoms with Crippen LogP contribution < -0.4 is 14.8 Å². The standard InChI is InChI=1S/C13H21O2P/c1-6-13(2,3)11-9(14-4)7-8-10(16)12(11)15-5/h7-8H,6,16H2,1-5H3. The largest absolute Gasteiger partial charge is 0.496 e. The molecule has 3 heteroatoms. The fraction of sp³-hybridized carbons (Fsp3) is 0.538. The molecule has 1 aromatic rings. The number of benzene rings is 1. The van der Waals surface area contributed by atoms with Crippen LogP contribution in [0.1, 0.15) is 32.8 Å². The Morgan fingerprint density at radius 3 is 2.25 bits per heavy atom. The van der Waals surface area contributed by atoms with Crippen molar-refractivity contribution in [2.75, 3.05) is 14.2 Å². The summed E-state index contributed by atoms with van der Waals surface area (Å²) in [7, 11) is 6.11. The van der Waals surface area contributed by atoms with E-state index in [0.717, 1.165) is 28.8 Å². The SMILES string of the molecule is CCC(C)(C)c1c(OC)ccc(P)c1OC. The van der Waals surface area contributed by atoms with Gasteiger partial charge in [0.1, 0.15) is 11.5 Å². The van der Waals surface area contributed by atoms with E-state index in [1.165, 1.54) is 0 Å². The molecule has 1 unspecified atom stereocenters. The maximum atomic E-state index is 5.51. The van der Waals surface area contributed by atoms with Crippen molar-refractivity contribution in [2.24, 2.45) is 0 Å². The Kier molecular flexibility index (Phi) is 4.21. The van der Waals surface area contributed by atoms with Gasteiger partial charge in [-0.1, -0.05) is 20.8 Å². The van der Waals surface area contributed by atoms with Crippen LogP contribution >= 0.6 is 9.24 Å². The highest BCUT2D eigenvalue weighted by Crippen LogP contribution is 2.40. The number of hydrogen-bond donors (Lipinski definition) is 0. The van der Waals surface area contributed by atoms with Crippen LogP contribution in [-0.2, 0) is 5.41 Å². The molecule has 1 aromatic carbocycles. The molecule has 0 N–H and O–H groups in total. The molecule has 0 saturated heterocycles. The fourth-order valence-corrected chi connectivity index (χ4v) is 2.15. The Morgan fingerprint density at radius 1 is 1.19 bits per heavy atom. The topological polar surface area (TPSA) is 18.5 Å². The second-order valence-electron chi connectivity index (χ2n) is 4.50. The molecule has 0 aliphatic carbocycles. The third-order valence-electron chi connectivity index (χ3n) is 3.13. The minimum absolute atomic E-state index is 0.0449. The van der Waals surface area contributed by atoms with Gasteiger partial charge < -0.3 is 9.47 Å². The van der Waals surface area contributed by atoms with Gasteiger partial charge in [-0.15, -0.1) is 9.24 Å². The molecular formula is C13H21O2P.